The summed E-state index contributed by atoms with van der Waals surface area (Å²) in [7, 11) is 0. The number of aliphatic hydroxyl groups excluding tert-OH is 1. The number of benzene rings is 1. The van der Waals surface area contributed by atoms with Crippen LogP contribution in [-0.4, -0.2) is 92.4 Å². The molecule has 7 atom stereocenters. The summed E-state index contributed by atoms with van der Waals surface area (Å²) in [5.41, 5.74) is -0.186. The SMILES string of the molecule is C=CCN(CCCC)C(=O)C1N([C@H](C)CO)C(=O)[C@@H]2[C@H](C(=O)N(CC=C)Cc3ccccc3)[C@H]3OC12CC3Br. The molecule has 8 nitrogen and oxygen atoms in total. The minimum absolute atomic E-state index is 0.188. The van der Waals surface area contributed by atoms with Gasteiger partial charge in [-0.15, -0.1) is 13.2 Å². The first-order chi connectivity index (χ1) is 18.7. The van der Waals surface area contributed by atoms with Crippen molar-refractivity contribution in [2.75, 3.05) is 26.2 Å². The largest absolute Gasteiger partial charge is 0.394 e. The van der Waals surface area contributed by atoms with Gasteiger partial charge in [-0.2, -0.15) is 0 Å². The topological polar surface area (TPSA) is 90.4 Å². The van der Waals surface area contributed by atoms with Crippen LogP contribution >= 0.6 is 15.9 Å². The first kappa shape index (κ1) is 29.5. The van der Waals surface area contributed by atoms with Crippen LogP contribution in [0.4, 0.5) is 0 Å². The van der Waals surface area contributed by atoms with Gasteiger partial charge in [0.15, 0.2) is 0 Å². The molecule has 1 aromatic rings. The Kier molecular flexibility index (Phi) is 9.34. The molecule has 3 aliphatic heterocycles. The molecule has 1 spiro atoms. The molecule has 1 aromatic carbocycles. The van der Waals surface area contributed by atoms with Gasteiger partial charge in [0.1, 0.15) is 11.6 Å². The summed E-state index contributed by atoms with van der Waals surface area (Å²) >= 11 is 3.73. The number of aliphatic hydroxyl groups is 1. The van der Waals surface area contributed by atoms with Crippen LogP contribution in [-0.2, 0) is 25.7 Å². The fourth-order valence-corrected chi connectivity index (χ4v) is 7.51. The molecule has 1 N–H and O–H groups in total. The number of alkyl halides is 1. The average molecular weight is 603 g/mol. The Morgan fingerprint density at radius 1 is 1.21 bits per heavy atom. The fraction of sp³-hybridized carbons (Fsp3) is 0.567. The second kappa shape index (κ2) is 12.4. The maximum Gasteiger partial charge on any atom is 0.248 e. The van der Waals surface area contributed by atoms with Gasteiger partial charge in [-0.3, -0.25) is 14.4 Å². The van der Waals surface area contributed by atoms with Crippen molar-refractivity contribution in [2.45, 2.75) is 68.3 Å². The van der Waals surface area contributed by atoms with Crippen molar-refractivity contribution in [3.05, 3.63) is 61.2 Å². The molecule has 3 unspecified atom stereocenters. The Morgan fingerprint density at radius 2 is 1.87 bits per heavy atom. The second-order valence-corrected chi connectivity index (χ2v) is 12.0. The number of rotatable bonds is 13. The third-order valence-corrected chi connectivity index (χ3v) is 9.15. The minimum atomic E-state index is -1.16. The van der Waals surface area contributed by atoms with Crippen molar-refractivity contribution in [1.29, 1.82) is 0 Å². The summed E-state index contributed by atoms with van der Waals surface area (Å²) in [5, 5.41) is 10.1. The monoisotopic (exact) mass is 601 g/mol. The van der Waals surface area contributed by atoms with E-state index in [0.29, 0.717) is 32.6 Å². The lowest BCUT2D eigenvalue weighted by Crippen LogP contribution is -2.58. The Labute approximate surface area is 239 Å². The van der Waals surface area contributed by atoms with Crippen molar-refractivity contribution in [1.82, 2.24) is 14.7 Å². The third kappa shape index (κ3) is 5.21. The number of nitrogens with zero attached hydrogens (tertiary/aromatic N) is 3. The highest BCUT2D eigenvalue weighted by molar-refractivity contribution is 9.09. The molecule has 3 amide bonds. The van der Waals surface area contributed by atoms with Crippen LogP contribution in [0, 0.1) is 11.8 Å². The molecule has 212 valence electrons. The van der Waals surface area contributed by atoms with Crippen molar-refractivity contribution in [3.8, 4) is 0 Å². The number of unbranched alkanes of at least 4 members (excludes halogenated alkanes) is 1. The molecule has 39 heavy (non-hydrogen) atoms. The van der Waals surface area contributed by atoms with Crippen LogP contribution in [0.5, 0.6) is 0 Å². The number of ether oxygens (including phenoxy) is 1. The minimum Gasteiger partial charge on any atom is -0.394 e. The van der Waals surface area contributed by atoms with E-state index in [4.69, 9.17) is 4.74 Å². The van der Waals surface area contributed by atoms with Crippen LogP contribution in [0.1, 0.15) is 38.7 Å². The van der Waals surface area contributed by atoms with Crippen LogP contribution in [0.3, 0.4) is 0 Å². The van der Waals surface area contributed by atoms with E-state index in [2.05, 4.69) is 36.0 Å². The van der Waals surface area contributed by atoms with Gasteiger partial charge >= 0.3 is 0 Å². The van der Waals surface area contributed by atoms with Gasteiger partial charge in [0.2, 0.25) is 17.7 Å². The second-order valence-electron chi connectivity index (χ2n) is 10.9. The maximum absolute atomic E-state index is 14.2. The highest BCUT2D eigenvalue weighted by atomic mass is 79.9. The molecule has 9 heteroatoms. The van der Waals surface area contributed by atoms with Crippen LogP contribution in [0.15, 0.2) is 55.6 Å². The van der Waals surface area contributed by atoms with Crippen LogP contribution in [0.2, 0.25) is 0 Å². The van der Waals surface area contributed by atoms with Crippen molar-refractivity contribution >= 4 is 33.7 Å². The number of carbonyl (C=O) groups is 3. The molecule has 2 bridgehead atoms. The number of hydrogen-bond acceptors (Lipinski definition) is 5. The van der Waals surface area contributed by atoms with Crippen molar-refractivity contribution in [2.24, 2.45) is 11.8 Å². The number of amides is 3. The van der Waals surface area contributed by atoms with Gasteiger partial charge in [0.05, 0.1) is 30.6 Å². The summed E-state index contributed by atoms with van der Waals surface area (Å²) < 4.78 is 6.63. The summed E-state index contributed by atoms with van der Waals surface area (Å²) in [6.45, 7) is 12.7. The zero-order valence-corrected chi connectivity index (χ0v) is 24.5. The smallest absolute Gasteiger partial charge is 0.248 e. The summed E-state index contributed by atoms with van der Waals surface area (Å²) in [6, 6.07) is 8.15. The van der Waals surface area contributed by atoms with Gasteiger partial charge < -0.3 is 24.5 Å². The van der Waals surface area contributed by atoms with Gasteiger partial charge in [0.25, 0.3) is 0 Å². The van der Waals surface area contributed by atoms with Crippen molar-refractivity contribution < 1.29 is 24.2 Å². The predicted octanol–water partition coefficient (Wildman–Crippen LogP) is 3.14. The summed E-state index contributed by atoms with van der Waals surface area (Å²) in [4.78, 5) is 47.3. The molecule has 0 aliphatic carbocycles. The lowest BCUT2D eigenvalue weighted by atomic mass is 9.70. The van der Waals surface area contributed by atoms with Gasteiger partial charge in [0, 0.05) is 31.0 Å². The van der Waals surface area contributed by atoms with E-state index in [1.54, 1.807) is 28.9 Å². The van der Waals surface area contributed by atoms with E-state index >= 15 is 0 Å². The number of fused-ring (bicyclic) bond motifs is 1. The predicted molar refractivity (Wildman–Crippen MR) is 153 cm³/mol. The Balaban J connectivity index is 1.74. The summed E-state index contributed by atoms with van der Waals surface area (Å²) in [6.07, 6.45) is 4.98. The fourth-order valence-electron chi connectivity index (χ4n) is 6.56. The molecular weight excluding hydrogens is 562 g/mol. The van der Waals surface area contributed by atoms with E-state index in [0.717, 1.165) is 18.4 Å². The third-order valence-electron chi connectivity index (χ3n) is 8.31. The Hall–Kier alpha value is -2.49. The number of halogens is 1. The average Bonchev–Trinajstić information content (AvgIpc) is 3.53. The van der Waals surface area contributed by atoms with Gasteiger partial charge in [-0.25, -0.2) is 0 Å². The molecule has 0 radical (unpaired) electrons. The van der Waals surface area contributed by atoms with E-state index in [1.807, 2.05) is 30.3 Å². The first-order valence-corrected chi connectivity index (χ1v) is 14.7. The molecule has 0 saturated carbocycles. The molecular formula is C30H40BrN3O5. The zero-order valence-electron chi connectivity index (χ0n) is 22.9. The number of hydrogen-bond donors (Lipinski definition) is 1. The molecule has 3 fully saturated rings. The van der Waals surface area contributed by atoms with E-state index in [1.165, 1.54) is 4.90 Å². The molecule has 0 aromatic heterocycles. The molecule has 4 rings (SSSR count). The van der Waals surface area contributed by atoms with E-state index in [-0.39, 0.29) is 29.2 Å². The highest BCUT2D eigenvalue weighted by Crippen LogP contribution is 2.60. The molecule has 3 saturated heterocycles. The van der Waals surface area contributed by atoms with Gasteiger partial charge in [-0.05, 0) is 25.3 Å². The number of likely N-dealkylation sites (tertiary alicyclic amines) is 1. The molecule has 3 heterocycles. The molecule has 3 aliphatic rings. The van der Waals surface area contributed by atoms with Crippen LogP contribution in [0.25, 0.3) is 0 Å². The zero-order chi connectivity index (χ0) is 28.3. The standard InChI is InChI=1S/C30H40BrN3O5/c1-5-8-16-32(14-6-2)29(38)26-30-17-22(31)25(39-30)23(24(30)28(37)34(26)20(4)19-35)27(36)33(15-7-3)18-21-12-10-9-11-13-21/h6-7,9-13,20,22-26,35H,2-3,5,8,14-19H2,1,4H3/t20-,22?,23+,24+,25+,26?,30?/m1/s1. The maximum atomic E-state index is 14.2. The lowest BCUT2D eigenvalue weighted by Gasteiger charge is -2.38. The Bertz CT molecular complexity index is 1080. The van der Waals surface area contributed by atoms with E-state index < -0.39 is 35.6 Å². The van der Waals surface area contributed by atoms with Gasteiger partial charge in [-0.1, -0.05) is 71.8 Å². The highest BCUT2D eigenvalue weighted by Gasteiger charge is 2.77. The first-order valence-electron chi connectivity index (χ1n) is 13.8. The quantitative estimate of drug-likeness (QED) is 0.277. The van der Waals surface area contributed by atoms with Crippen molar-refractivity contribution in [3.63, 3.8) is 0 Å². The lowest BCUT2D eigenvalue weighted by molar-refractivity contribution is -0.151. The Morgan fingerprint density at radius 3 is 2.49 bits per heavy atom. The van der Waals surface area contributed by atoms with Crippen LogP contribution < -0.4 is 0 Å². The normalized spacial score (nSPS) is 29.7. The van der Waals surface area contributed by atoms with E-state index in [9.17, 15) is 19.5 Å². The number of carbonyl (C=O) groups excluding carboxylic acids is 3. The summed E-state index contributed by atoms with van der Waals surface area (Å²) in [5.74, 6) is -2.28.